The van der Waals surface area contributed by atoms with Crippen molar-refractivity contribution >= 4 is 27.5 Å². The zero-order valence-electron chi connectivity index (χ0n) is 17.1. The molecule has 0 aliphatic carbocycles. The fraction of sp³-hybridized carbons (Fsp3) is 0.0833. The summed E-state index contributed by atoms with van der Waals surface area (Å²) in [4.78, 5) is 35.9. The van der Waals surface area contributed by atoms with Gasteiger partial charge in [-0.3, -0.25) is 9.59 Å². The van der Waals surface area contributed by atoms with E-state index < -0.39 is 0 Å². The summed E-state index contributed by atoms with van der Waals surface area (Å²) in [7, 11) is 0. The lowest BCUT2D eigenvalue weighted by Gasteiger charge is -2.09. The lowest BCUT2D eigenvalue weighted by molar-refractivity contribution is 0.102. The van der Waals surface area contributed by atoms with Gasteiger partial charge in [0.05, 0.1) is 5.56 Å². The fourth-order valence-electron chi connectivity index (χ4n) is 3.00. The molecule has 2 aromatic carbocycles. The summed E-state index contributed by atoms with van der Waals surface area (Å²) in [5, 5.41) is 2.84. The number of hydrogen-bond donors (Lipinski definition) is 2. The van der Waals surface area contributed by atoms with Crippen LogP contribution in [0.3, 0.4) is 0 Å². The van der Waals surface area contributed by atoms with E-state index >= 15 is 0 Å². The summed E-state index contributed by atoms with van der Waals surface area (Å²) < 4.78 is 6.59. The highest BCUT2D eigenvalue weighted by Crippen LogP contribution is 2.23. The lowest BCUT2D eigenvalue weighted by Crippen LogP contribution is -2.13. The van der Waals surface area contributed by atoms with E-state index in [1.807, 2.05) is 37.3 Å². The summed E-state index contributed by atoms with van der Waals surface area (Å²) in [6, 6.07) is 19.3. The molecule has 0 atom stereocenters. The van der Waals surface area contributed by atoms with E-state index in [4.69, 9.17) is 4.74 Å². The predicted molar refractivity (Wildman–Crippen MR) is 126 cm³/mol. The lowest BCUT2D eigenvalue weighted by atomic mass is 10.1. The quantitative estimate of drug-likeness (QED) is 0.387. The smallest absolute Gasteiger partial charge is 0.257 e. The average molecular weight is 491 g/mol. The standard InChI is InChI=1S/C24H19BrN4O3/c1-2-18-13-21(30)29-23(27-18)15-5-3-7-19(11-15)28-24(31)16-9-10-22(26-14-16)32-20-8-4-6-17(25)12-20/h3-14H,2H2,1H3,(H,28,31)(H,27,29,30). The van der Waals surface area contributed by atoms with Crippen molar-refractivity contribution in [1.82, 2.24) is 15.0 Å². The summed E-state index contributed by atoms with van der Waals surface area (Å²) in [6.45, 7) is 1.94. The minimum absolute atomic E-state index is 0.211. The van der Waals surface area contributed by atoms with Gasteiger partial charge in [0, 0.05) is 39.7 Å². The van der Waals surface area contributed by atoms with Crippen LogP contribution in [-0.2, 0) is 6.42 Å². The second-order valence-electron chi connectivity index (χ2n) is 6.92. The number of aromatic nitrogens is 3. The first-order chi connectivity index (χ1) is 15.5. The second kappa shape index (κ2) is 9.57. The van der Waals surface area contributed by atoms with Crippen LogP contribution in [-0.4, -0.2) is 20.9 Å². The predicted octanol–water partition coefficient (Wildman–Crippen LogP) is 5.20. The largest absolute Gasteiger partial charge is 0.439 e. The van der Waals surface area contributed by atoms with Crippen LogP contribution in [0.15, 0.2) is 82.2 Å². The molecule has 0 saturated heterocycles. The Morgan fingerprint density at radius 3 is 2.69 bits per heavy atom. The number of amides is 1. The maximum absolute atomic E-state index is 12.7. The summed E-state index contributed by atoms with van der Waals surface area (Å²) >= 11 is 3.39. The number of aryl methyl sites for hydroxylation is 1. The number of aromatic amines is 1. The molecule has 2 N–H and O–H groups in total. The number of H-pyrrole nitrogens is 1. The van der Waals surface area contributed by atoms with E-state index in [-0.39, 0.29) is 11.5 Å². The Kier molecular flexibility index (Phi) is 6.42. The number of nitrogens with one attached hydrogen (secondary N) is 2. The van der Waals surface area contributed by atoms with Crippen molar-refractivity contribution in [2.75, 3.05) is 5.32 Å². The molecule has 1 amide bonds. The first-order valence-electron chi connectivity index (χ1n) is 9.91. The average Bonchev–Trinajstić information content (AvgIpc) is 2.79. The number of carbonyl (C=O) groups excluding carboxylic acids is 1. The highest BCUT2D eigenvalue weighted by molar-refractivity contribution is 9.10. The number of carbonyl (C=O) groups is 1. The van der Waals surface area contributed by atoms with Gasteiger partial charge in [-0.15, -0.1) is 0 Å². The van der Waals surface area contributed by atoms with E-state index in [0.717, 1.165) is 4.47 Å². The molecule has 0 bridgehead atoms. The number of rotatable bonds is 6. The first kappa shape index (κ1) is 21.5. The Bertz CT molecular complexity index is 1320. The van der Waals surface area contributed by atoms with Crippen molar-refractivity contribution in [2.45, 2.75) is 13.3 Å². The van der Waals surface area contributed by atoms with Crippen molar-refractivity contribution in [2.24, 2.45) is 0 Å². The van der Waals surface area contributed by atoms with Gasteiger partial charge in [-0.2, -0.15) is 0 Å². The number of benzene rings is 2. The Balaban J connectivity index is 1.48. The van der Waals surface area contributed by atoms with Gasteiger partial charge >= 0.3 is 0 Å². The topological polar surface area (TPSA) is 97.0 Å². The van der Waals surface area contributed by atoms with Crippen LogP contribution in [0.1, 0.15) is 23.0 Å². The number of nitrogens with zero attached hydrogens (tertiary/aromatic N) is 2. The van der Waals surface area contributed by atoms with Crippen molar-refractivity contribution in [1.29, 1.82) is 0 Å². The van der Waals surface area contributed by atoms with E-state index in [2.05, 4.69) is 36.2 Å². The highest BCUT2D eigenvalue weighted by Gasteiger charge is 2.10. The third kappa shape index (κ3) is 5.28. The highest BCUT2D eigenvalue weighted by atomic mass is 79.9. The van der Waals surface area contributed by atoms with Gasteiger partial charge in [0.15, 0.2) is 0 Å². The number of anilines is 1. The van der Waals surface area contributed by atoms with Crippen LogP contribution >= 0.6 is 15.9 Å². The molecular formula is C24H19BrN4O3. The van der Waals surface area contributed by atoms with Crippen molar-refractivity contribution in [3.8, 4) is 23.0 Å². The molecule has 0 radical (unpaired) electrons. The molecule has 32 heavy (non-hydrogen) atoms. The van der Waals surface area contributed by atoms with Crippen LogP contribution in [0.2, 0.25) is 0 Å². The molecule has 0 fully saturated rings. The SMILES string of the molecule is CCc1cc(=O)[nH]c(-c2cccc(NC(=O)c3ccc(Oc4cccc(Br)c4)nc3)c2)n1. The van der Waals surface area contributed by atoms with E-state index in [1.54, 1.807) is 30.3 Å². The van der Waals surface area contributed by atoms with Gasteiger partial charge < -0.3 is 15.0 Å². The van der Waals surface area contributed by atoms with E-state index in [0.29, 0.717) is 46.4 Å². The molecule has 2 aromatic heterocycles. The maximum Gasteiger partial charge on any atom is 0.257 e. The molecular weight excluding hydrogens is 472 g/mol. The molecule has 2 heterocycles. The number of pyridine rings is 1. The molecule has 0 spiro atoms. The zero-order valence-corrected chi connectivity index (χ0v) is 18.7. The zero-order chi connectivity index (χ0) is 22.5. The minimum atomic E-state index is -0.313. The third-order valence-corrected chi connectivity index (χ3v) is 5.06. The van der Waals surface area contributed by atoms with Gasteiger partial charge in [-0.1, -0.05) is 41.1 Å². The van der Waals surface area contributed by atoms with Gasteiger partial charge in [-0.05, 0) is 42.8 Å². The molecule has 0 aliphatic rings. The second-order valence-corrected chi connectivity index (χ2v) is 7.83. The molecule has 0 saturated carbocycles. The Hall–Kier alpha value is -3.78. The summed E-state index contributed by atoms with van der Waals surface area (Å²) in [5.74, 6) is 1.17. The monoisotopic (exact) mass is 490 g/mol. The normalized spacial score (nSPS) is 10.6. The summed E-state index contributed by atoms with van der Waals surface area (Å²) in [6.07, 6.45) is 2.11. The van der Waals surface area contributed by atoms with Crippen LogP contribution in [0.5, 0.6) is 11.6 Å². The Labute approximate surface area is 192 Å². The first-order valence-corrected chi connectivity index (χ1v) is 10.7. The molecule has 4 aromatic rings. The number of hydrogen-bond acceptors (Lipinski definition) is 5. The van der Waals surface area contributed by atoms with E-state index in [9.17, 15) is 9.59 Å². The van der Waals surface area contributed by atoms with Crippen LogP contribution < -0.4 is 15.6 Å². The number of ether oxygens (including phenoxy) is 1. The Morgan fingerprint density at radius 1 is 1.09 bits per heavy atom. The van der Waals surface area contributed by atoms with Crippen molar-refractivity contribution in [3.63, 3.8) is 0 Å². The fourth-order valence-corrected chi connectivity index (χ4v) is 3.38. The van der Waals surface area contributed by atoms with Gasteiger partial charge in [-0.25, -0.2) is 9.97 Å². The molecule has 7 nitrogen and oxygen atoms in total. The Morgan fingerprint density at radius 2 is 1.94 bits per heavy atom. The molecule has 0 aliphatic heterocycles. The van der Waals surface area contributed by atoms with Crippen LogP contribution in [0.25, 0.3) is 11.4 Å². The van der Waals surface area contributed by atoms with Gasteiger partial charge in [0.2, 0.25) is 5.88 Å². The maximum atomic E-state index is 12.7. The van der Waals surface area contributed by atoms with Gasteiger partial charge in [0.1, 0.15) is 11.6 Å². The van der Waals surface area contributed by atoms with Gasteiger partial charge in [0.25, 0.3) is 11.5 Å². The van der Waals surface area contributed by atoms with Crippen molar-refractivity contribution < 1.29 is 9.53 Å². The van der Waals surface area contributed by atoms with E-state index in [1.165, 1.54) is 12.3 Å². The minimum Gasteiger partial charge on any atom is -0.439 e. The van der Waals surface area contributed by atoms with Crippen molar-refractivity contribution in [3.05, 3.63) is 99.0 Å². The van der Waals surface area contributed by atoms with Crippen LogP contribution in [0.4, 0.5) is 5.69 Å². The van der Waals surface area contributed by atoms with Crippen LogP contribution in [0, 0.1) is 0 Å². The molecule has 160 valence electrons. The molecule has 4 rings (SSSR count). The third-order valence-electron chi connectivity index (χ3n) is 4.57. The molecule has 0 unspecified atom stereocenters. The molecule has 8 heteroatoms. The number of halogens is 1. The summed E-state index contributed by atoms with van der Waals surface area (Å²) in [5.41, 5.74) is 2.15.